The lowest BCUT2D eigenvalue weighted by Crippen LogP contribution is -2.36. The molecule has 13 heavy (non-hydrogen) atoms. The summed E-state index contributed by atoms with van der Waals surface area (Å²) in [5.41, 5.74) is 7.68. The summed E-state index contributed by atoms with van der Waals surface area (Å²) >= 11 is 0. The van der Waals surface area contributed by atoms with Gasteiger partial charge in [0.2, 0.25) is 5.91 Å². The molecule has 0 saturated carbocycles. The Morgan fingerprint density at radius 2 is 2.62 bits per heavy atom. The molecule has 5 nitrogen and oxygen atoms in total. The molecule has 1 heterocycles. The Balaban J connectivity index is 2.09. The molecule has 1 saturated heterocycles. The zero-order valence-electron chi connectivity index (χ0n) is 7.79. The minimum absolute atomic E-state index is 0.0854. The largest absolute Gasteiger partial charge is 0.381 e. The van der Waals surface area contributed by atoms with Crippen molar-refractivity contribution in [2.75, 3.05) is 19.8 Å². The molecule has 0 spiro atoms. The van der Waals surface area contributed by atoms with Crippen molar-refractivity contribution in [1.82, 2.24) is 5.48 Å². The van der Waals surface area contributed by atoms with Crippen LogP contribution < -0.4 is 11.2 Å². The highest BCUT2D eigenvalue weighted by Crippen LogP contribution is 2.15. The van der Waals surface area contributed by atoms with Crippen molar-refractivity contribution in [3.8, 4) is 0 Å². The van der Waals surface area contributed by atoms with E-state index in [0.717, 1.165) is 19.6 Å². The summed E-state index contributed by atoms with van der Waals surface area (Å²) in [4.78, 5) is 15.2. The van der Waals surface area contributed by atoms with Gasteiger partial charge in [0.15, 0.2) is 0 Å². The highest BCUT2D eigenvalue weighted by Gasteiger charge is 2.22. The molecule has 1 fully saturated rings. The first-order valence-electron chi connectivity index (χ1n) is 4.43. The van der Waals surface area contributed by atoms with Gasteiger partial charge in [0.25, 0.3) is 0 Å². The Morgan fingerprint density at radius 1 is 1.85 bits per heavy atom. The summed E-state index contributed by atoms with van der Waals surface area (Å²) in [6, 6.07) is 0.196. The summed E-state index contributed by atoms with van der Waals surface area (Å²) in [6.07, 6.45) is 1.04. The van der Waals surface area contributed by atoms with Crippen LogP contribution in [0.15, 0.2) is 0 Å². The van der Waals surface area contributed by atoms with E-state index in [0.29, 0.717) is 5.92 Å². The molecule has 0 aliphatic carbocycles. The standard InChI is InChI=1S/C8H16N2O3/c1-6(7-2-3-12-4-7)10-13-5-8(9)11/h6-7,10H,2-5H2,1H3,(H2,9,11). The van der Waals surface area contributed by atoms with Crippen LogP contribution in [0.25, 0.3) is 0 Å². The molecule has 1 amide bonds. The Labute approximate surface area is 77.5 Å². The van der Waals surface area contributed by atoms with Gasteiger partial charge < -0.3 is 10.5 Å². The fourth-order valence-electron chi connectivity index (χ4n) is 1.29. The van der Waals surface area contributed by atoms with Crippen LogP contribution in [0.5, 0.6) is 0 Å². The number of ether oxygens (including phenoxy) is 1. The van der Waals surface area contributed by atoms with E-state index in [-0.39, 0.29) is 12.6 Å². The Hall–Kier alpha value is -0.650. The van der Waals surface area contributed by atoms with Gasteiger partial charge in [-0.15, -0.1) is 0 Å². The van der Waals surface area contributed by atoms with Crippen LogP contribution in [0, 0.1) is 5.92 Å². The van der Waals surface area contributed by atoms with Crippen LogP contribution in [-0.2, 0) is 14.4 Å². The first kappa shape index (κ1) is 10.4. The number of amides is 1. The van der Waals surface area contributed by atoms with Crippen molar-refractivity contribution in [2.24, 2.45) is 11.7 Å². The molecule has 76 valence electrons. The lowest BCUT2D eigenvalue weighted by atomic mass is 10.0. The van der Waals surface area contributed by atoms with Crippen molar-refractivity contribution in [3.63, 3.8) is 0 Å². The summed E-state index contributed by atoms with van der Waals surface area (Å²) < 4.78 is 5.22. The molecular formula is C8H16N2O3. The van der Waals surface area contributed by atoms with Crippen LogP contribution >= 0.6 is 0 Å². The van der Waals surface area contributed by atoms with E-state index < -0.39 is 5.91 Å². The maximum Gasteiger partial charge on any atom is 0.245 e. The summed E-state index contributed by atoms with van der Waals surface area (Å²) in [5, 5.41) is 0. The number of carbonyl (C=O) groups excluding carboxylic acids is 1. The summed E-state index contributed by atoms with van der Waals surface area (Å²) in [6.45, 7) is 3.48. The second kappa shape index (κ2) is 5.16. The first-order valence-corrected chi connectivity index (χ1v) is 4.43. The molecule has 3 N–H and O–H groups in total. The SMILES string of the molecule is CC(NOCC(N)=O)C1CCOC1. The number of hydrogen-bond acceptors (Lipinski definition) is 4. The van der Waals surface area contributed by atoms with E-state index in [4.69, 9.17) is 15.3 Å². The fourth-order valence-corrected chi connectivity index (χ4v) is 1.29. The van der Waals surface area contributed by atoms with Gasteiger partial charge in [-0.25, -0.2) is 0 Å². The van der Waals surface area contributed by atoms with Crippen molar-refractivity contribution in [2.45, 2.75) is 19.4 Å². The number of nitrogens with one attached hydrogen (secondary N) is 1. The first-order chi connectivity index (χ1) is 6.20. The topological polar surface area (TPSA) is 73.6 Å². The van der Waals surface area contributed by atoms with Crippen molar-refractivity contribution >= 4 is 5.91 Å². The number of hydrogen-bond donors (Lipinski definition) is 2. The molecule has 0 aromatic carbocycles. The average Bonchev–Trinajstić information content (AvgIpc) is 2.55. The molecule has 0 aromatic rings. The molecule has 2 atom stereocenters. The molecule has 0 bridgehead atoms. The molecule has 0 radical (unpaired) electrons. The zero-order chi connectivity index (χ0) is 9.68. The molecule has 1 rings (SSSR count). The predicted octanol–water partition coefficient (Wildman–Crippen LogP) is -0.582. The quantitative estimate of drug-likeness (QED) is 0.566. The monoisotopic (exact) mass is 188 g/mol. The van der Waals surface area contributed by atoms with E-state index in [1.165, 1.54) is 0 Å². The van der Waals surface area contributed by atoms with E-state index in [1.807, 2.05) is 6.92 Å². The van der Waals surface area contributed by atoms with Gasteiger partial charge in [-0.05, 0) is 13.3 Å². The molecule has 1 aliphatic heterocycles. The van der Waals surface area contributed by atoms with Gasteiger partial charge in [-0.3, -0.25) is 9.63 Å². The third-order valence-electron chi connectivity index (χ3n) is 2.16. The van der Waals surface area contributed by atoms with Crippen LogP contribution in [0.2, 0.25) is 0 Å². The smallest absolute Gasteiger partial charge is 0.245 e. The number of primary amides is 1. The Kier molecular flexibility index (Phi) is 4.14. The van der Waals surface area contributed by atoms with Gasteiger partial charge in [0.1, 0.15) is 6.61 Å². The molecule has 2 unspecified atom stereocenters. The number of rotatable bonds is 5. The van der Waals surface area contributed by atoms with Crippen molar-refractivity contribution < 1.29 is 14.4 Å². The maximum atomic E-state index is 10.3. The Morgan fingerprint density at radius 3 is 3.15 bits per heavy atom. The second-order valence-corrected chi connectivity index (χ2v) is 3.29. The fraction of sp³-hybridized carbons (Fsp3) is 0.875. The van der Waals surface area contributed by atoms with E-state index in [1.54, 1.807) is 0 Å². The molecule has 0 aromatic heterocycles. The lowest BCUT2D eigenvalue weighted by Gasteiger charge is -2.17. The van der Waals surface area contributed by atoms with Crippen LogP contribution in [0.3, 0.4) is 0 Å². The van der Waals surface area contributed by atoms with Crippen LogP contribution in [-0.4, -0.2) is 31.8 Å². The van der Waals surface area contributed by atoms with Crippen molar-refractivity contribution in [1.29, 1.82) is 0 Å². The van der Waals surface area contributed by atoms with Crippen LogP contribution in [0.1, 0.15) is 13.3 Å². The van der Waals surface area contributed by atoms with Gasteiger partial charge >= 0.3 is 0 Å². The van der Waals surface area contributed by atoms with Gasteiger partial charge in [-0.1, -0.05) is 0 Å². The minimum Gasteiger partial charge on any atom is -0.381 e. The number of hydroxylamine groups is 1. The molecule has 5 heteroatoms. The lowest BCUT2D eigenvalue weighted by molar-refractivity contribution is -0.126. The highest BCUT2D eigenvalue weighted by molar-refractivity contribution is 5.74. The third-order valence-corrected chi connectivity index (χ3v) is 2.16. The normalized spacial score (nSPS) is 24.5. The number of carbonyl (C=O) groups is 1. The third kappa shape index (κ3) is 3.71. The summed E-state index contributed by atoms with van der Waals surface area (Å²) in [5.74, 6) is -0.00440. The summed E-state index contributed by atoms with van der Waals surface area (Å²) in [7, 11) is 0. The minimum atomic E-state index is -0.470. The number of nitrogens with two attached hydrogens (primary N) is 1. The second-order valence-electron chi connectivity index (χ2n) is 3.29. The maximum absolute atomic E-state index is 10.3. The van der Waals surface area contributed by atoms with Gasteiger partial charge in [0.05, 0.1) is 6.61 Å². The highest BCUT2D eigenvalue weighted by atomic mass is 16.6. The Bertz CT molecular complexity index is 169. The van der Waals surface area contributed by atoms with E-state index in [9.17, 15) is 4.79 Å². The average molecular weight is 188 g/mol. The molecular weight excluding hydrogens is 172 g/mol. The van der Waals surface area contributed by atoms with Gasteiger partial charge in [0, 0.05) is 18.6 Å². The zero-order valence-corrected chi connectivity index (χ0v) is 7.79. The predicted molar refractivity (Wildman–Crippen MR) is 46.7 cm³/mol. The van der Waals surface area contributed by atoms with Gasteiger partial charge in [-0.2, -0.15) is 5.48 Å². The van der Waals surface area contributed by atoms with E-state index in [2.05, 4.69) is 5.48 Å². The molecule has 1 aliphatic rings. The van der Waals surface area contributed by atoms with E-state index >= 15 is 0 Å². The van der Waals surface area contributed by atoms with Crippen molar-refractivity contribution in [3.05, 3.63) is 0 Å². The van der Waals surface area contributed by atoms with Crippen LogP contribution in [0.4, 0.5) is 0 Å².